The quantitative estimate of drug-likeness (QED) is 0.441. The second-order valence-electron chi connectivity index (χ2n) is 4.29. The number of nitrogens with two attached hydrogens (primary N) is 1. The SMILES string of the molecule is Nc1ccc(-c2nc3cc(F)cc(Cl)c3o2)cc1[N+](=O)[O-]. The molecule has 1 aromatic heterocycles. The van der Waals surface area contributed by atoms with Gasteiger partial charge in [0, 0.05) is 17.7 Å². The Hall–Kier alpha value is -2.67. The van der Waals surface area contributed by atoms with E-state index in [9.17, 15) is 14.5 Å². The Morgan fingerprint density at radius 2 is 2.10 bits per heavy atom. The van der Waals surface area contributed by atoms with Gasteiger partial charge in [-0.15, -0.1) is 0 Å². The highest BCUT2D eigenvalue weighted by Crippen LogP contribution is 2.33. The second kappa shape index (κ2) is 4.71. The molecule has 8 heteroatoms. The molecule has 0 radical (unpaired) electrons. The first-order valence-corrected chi connectivity index (χ1v) is 6.13. The summed E-state index contributed by atoms with van der Waals surface area (Å²) >= 11 is 5.87. The molecule has 0 bridgehead atoms. The van der Waals surface area contributed by atoms with Gasteiger partial charge in [-0.3, -0.25) is 10.1 Å². The van der Waals surface area contributed by atoms with Gasteiger partial charge in [-0.25, -0.2) is 9.37 Å². The first kappa shape index (κ1) is 13.3. The van der Waals surface area contributed by atoms with Crippen LogP contribution in [0.2, 0.25) is 5.02 Å². The molecule has 0 spiro atoms. The van der Waals surface area contributed by atoms with Crippen molar-refractivity contribution in [2.45, 2.75) is 0 Å². The van der Waals surface area contributed by atoms with Gasteiger partial charge in [-0.2, -0.15) is 0 Å². The highest BCUT2D eigenvalue weighted by Gasteiger charge is 2.17. The average molecular weight is 308 g/mol. The number of hydrogen-bond donors (Lipinski definition) is 1. The van der Waals surface area contributed by atoms with Crippen LogP contribution in [0.4, 0.5) is 15.8 Å². The average Bonchev–Trinajstić information content (AvgIpc) is 2.83. The number of nitrogens with zero attached hydrogens (tertiary/aromatic N) is 2. The molecule has 0 unspecified atom stereocenters. The summed E-state index contributed by atoms with van der Waals surface area (Å²) in [7, 11) is 0. The van der Waals surface area contributed by atoms with Gasteiger partial charge in [0.2, 0.25) is 5.89 Å². The molecule has 0 amide bonds. The van der Waals surface area contributed by atoms with Gasteiger partial charge >= 0.3 is 0 Å². The van der Waals surface area contributed by atoms with Crippen LogP contribution in [0.25, 0.3) is 22.6 Å². The van der Waals surface area contributed by atoms with Crippen molar-refractivity contribution in [3.8, 4) is 11.5 Å². The largest absolute Gasteiger partial charge is 0.435 e. The van der Waals surface area contributed by atoms with Crippen LogP contribution in [0, 0.1) is 15.9 Å². The van der Waals surface area contributed by atoms with E-state index in [1.165, 1.54) is 24.3 Å². The normalized spacial score (nSPS) is 11.0. The van der Waals surface area contributed by atoms with Crippen molar-refractivity contribution in [2.24, 2.45) is 0 Å². The van der Waals surface area contributed by atoms with Crippen LogP contribution in [0.3, 0.4) is 0 Å². The molecular formula is C13H7ClFN3O3. The third-order valence-electron chi connectivity index (χ3n) is 2.88. The fourth-order valence-corrected chi connectivity index (χ4v) is 2.16. The van der Waals surface area contributed by atoms with Crippen LogP contribution in [0.15, 0.2) is 34.7 Å². The second-order valence-corrected chi connectivity index (χ2v) is 4.69. The van der Waals surface area contributed by atoms with E-state index >= 15 is 0 Å². The number of halogens is 2. The van der Waals surface area contributed by atoms with Gasteiger partial charge in [0.15, 0.2) is 5.58 Å². The summed E-state index contributed by atoms with van der Waals surface area (Å²) in [5.74, 6) is -0.448. The zero-order valence-electron chi connectivity index (χ0n) is 10.3. The van der Waals surface area contributed by atoms with Gasteiger partial charge in [-0.1, -0.05) is 11.6 Å². The number of fused-ring (bicyclic) bond motifs is 1. The minimum absolute atomic E-state index is 0.0314. The molecule has 0 aliphatic rings. The van der Waals surface area contributed by atoms with Crippen molar-refractivity contribution in [2.75, 3.05) is 5.73 Å². The highest BCUT2D eigenvalue weighted by molar-refractivity contribution is 6.34. The standard InChI is InChI=1S/C13H7ClFN3O3/c14-8-4-7(15)5-10-12(8)21-13(17-10)6-1-2-9(16)11(3-6)18(19)20/h1-5H,16H2. The van der Waals surface area contributed by atoms with E-state index in [-0.39, 0.29) is 33.4 Å². The number of oxazole rings is 1. The van der Waals surface area contributed by atoms with Crippen LogP contribution in [-0.2, 0) is 0 Å². The minimum Gasteiger partial charge on any atom is -0.435 e. The smallest absolute Gasteiger partial charge is 0.292 e. The molecule has 21 heavy (non-hydrogen) atoms. The third-order valence-corrected chi connectivity index (χ3v) is 3.16. The molecule has 0 aliphatic carbocycles. The van der Waals surface area contributed by atoms with Crippen molar-refractivity contribution in [1.29, 1.82) is 0 Å². The van der Waals surface area contributed by atoms with Crippen LogP contribution < -0.4 is 5.73 Å². The van der Waals surface area contributed by atoms with E-state index in [2.05, 4.69) is 4.98 Å². The highest BCUT2D eigenvalue weighted by atomic mass is 35.5. The molecule has 0 aliphatic heterocycles. The minimum atomic E-state index is -0.603. The first-order chi connectivity index (χ1) is 9.95. The fraction of sp³-hybridized carbons (Fsp3) is 0. The predicted molar refractivity (Wildman–Crippen MR) is 75.5 cm³/mol. The van der Waals surface area contributed by atoms with Crippen LogP contribution in [0.5, 0.6) is 0 Å². The number of nitro benzene ring substituents is 1. The number of hydrogen-bond acceptors (Lipinski definition) is 5. The lowest BCUT2D eigenvalue weighted by atomic mass is 10.2. The van der Waals surface area contributed by atoms with E-state index in [1.54, 1.807) is 0 Å². The van der Waals surface area contributed by atoms with E-state index in [1.807, 2.05) is 0 Å². The van der Waals surface area contributed by atoms with E-state index in [4.69, 9.17) is 21.8 Å². The fourth-order valence-electron chi connectivity index (χ4n) is 1.92. The number of nitro groups is 1. The maximum atomic E-state index is 13.3. The van der Waals surface area contributed by atoms with Gasteiger partial charge in [0.1, 0.15) is 17.0 Å². The lowest BCUT2D eigenvalue weighted by Crippen LogP contribution is -1.95. The van der Waals surface area contributed by atoms with E-state index < -0.39 is 10.7 Å². The van der Waals surface area contributed by atoms with Crippen LogP contribution in [0.1, 0.15) is 0 Å². The van der Waals surface area contributed by atoms with E-state index in [0.717, 1.165) is 6.07 Å². The zero-order valence-corrected chi connectivity index (χ0v) is 11.1. The van der Waals surface area contributed by atoms with Gasteiger partial charge < -0.3 is 10.2 Å². The predicted octanol–water partition coefficient (Wildman–Crippen LogP) is 3.78. The van der Waals surface area contributed by atoms with Crippen molar-refractivity contribution in [3.05, 3.63) is 51.3 Å². The number of benzene rings is 2. The molecule has 2 aromatic carbocycles. The molecule has 0 atom stereocenters. The summed E-state index contributed by atoms with van der Waals surface area (Å²) in [5.41, 5.74) is 6.10. The molecule has 1 heterocycles. The molecule has 0 saturated heterocycles. The number of aromatic nitrogens is 1. The molecule has 2 N–H and O–H groups in total. The van der Waals surface area contributed by atoms with Crippen LogP contribution in [-0.4, -0.2) is 9.91 Å². The van der Waals surface area contributed by atoms with Crippen molar-refractivity contribution in [1.82, 2.24) is 4.98 Å². The molecule has 0 fully saturated rings. The summed E-state index contributed by atoms with van der Waals surface area (Å²) in [5, 5.41) is 11.0. The summed E-state index contributed by atoms with van der Waals surface area (Å²) in [6.07, 6.45) is 0. The summed E-state index contributed by atoms with van der Waals surface area (Å²) in [6, 6.07) is 6.41. The number of rotatable bonds is 2. The van der Waals surface area contributed by atoms with Gasteiger partial charge in [0.25, 0.3) is 5.69 Å². The Balaban J connectivity index is 2.19. The number of anilines is 1. The Morgan fingerprint density at radius 1 is 1.33 bits per heavy atom. The number of nitrogen functional groups attached to an aromatic ring is 1. The molecule has 3 aromatic rings. The maximum absolute atomic E-state index is 13.3. The van der Waals surface area contributed by atoms with Crippen molar-refractivity contribution in [3.63, 3.8) is 0 Å². The molecule has 0 saturated carbocycles. The van der Waals surface area contributed by atoms with Gasteiger partial charge in [0.05, 0.1) is 9.95 Å². The lowest BCUT2D eigenvalue weighted by molar-refractivity contribution is -0.383. The Kier molecular flexibility index (Phi) is 2.99. The molecule has 106 valence electrons. The Labute approximate surface area is 122 Å². The molecular weight excluding hydrogens is 301 g/mol. The first-order valence-electron chi connectivity index (χ1n) is 5.75. The third kappa shape index (κ3) is 2.27. The summed E-state index contributed by atoms with van der Waals surface area (Å²) in [4.78, 5) is 14.4. The Morgan fingerprint density at radius 3 is 2.81 bits per heavy atom. The summed E-state index contributed by atoms with van der Waals surface area (Å²) < 4.78 is 18.7. The lowest BCUT2D eigenvalue weighted by Gasteiger charge is -1.99. The maximum Gasteiger partial charge on any atom is 0.292 e. The van der Waals surface area contributed by atoms with Crippen molar-refractivity contribution >= 4 is 34.1 Å². The monoisotopic (exact) mass is 307 g/mol. The Bertz CT molecular complexity index is 878. The van der Waals surface area contributed by atoms with E-state index in [0.29, 0.717) is 5.56 Å². The molecule has 6 nitrogen and oxygen atoms in total. The van der Waals surface area contributed by atoms with Crippen LogP contribution >= 0.6 is 11.6 Å². The summed E-state index contributed by atoms with van der Waals surface area (Å²) in [6.45, 7) is 0. The molecule has 3 rings (SSSR count). The van der Waals surface area contributed by atoms with Gasteiger partial charge in [-0.05, 0) is 18.2 Å². The topological polar surface area (TPSA) is 95.2 Å². The zero-order chi connectivity index (χ0) is 15.1. The van der Waals surface area contributed by atoms with Crippen molar-refractivity contribution < 1.29 is 13.7 Å².